The van der Waals surface area contributed by atoms with Crippen molar-refractivity contribution in [3.05, 3.63) is 35.4 Å². The summed E-state index contributed by atoms with van der Waals surface area (Å²) in [5, 5.41) is 20.7. The summed E-state index contributed by atoms with van der Waals surface area (Å²) in [5.74, 6) is -0.952. The van der Waals surface area contributed by atoms with E-state index in [1.807, 2.05) is 0 Å². The summed E-state index contributed by atoms with van der Waals surface area (Å²) in [5.41, 5.74) is 2.98. The average Bonchev–Trinajstić information content (AvgIpc) is 2.72. The van der Waals surface area contributed by atoms with E-state index in [0.717, 1.165) is 5.69 Å². The van der Waals surface area contributed by atoms with E-state index in [1.54, 1.807) is 26.0 Å². The minimum atomic E-state index is -0.952. The summed E-state index contributed by atoms with van der Waals surface area (Å²) >= 11 is 0. The molecule has 2 amide bonds. The number of aromatic amines is 1. The molecule has 0 saturated carbocycles. The van der Waals surface area contributed by atoms with E-state index in [-0.39, 0.29) is 6.42 Å². The lowest BCUT2D eigenvalue weighted by Gasteiger charge is -2.07. The molecule has 8 heteroatoms. The number of H-pyrrole nitrogens is 1. The first-order valence-corrected chi connectivity index (χ1v) is 6.22. The van der Waals surface area contributed by atoms with Crippen LogP contribution in [0, 0.1) is 13.8 Å². The Morgan fingerprint density at radius 3 is 2.57 bits per heavy atom. The Balaban J connectivity index is 1.98. The summed E-state index contributed by atoms with van der Waals surface area (Å²) in [6, 6.07) is 2.73. The molecule has 0 saturated heterocycles. The lowest BCUT2D eigenvalue weighted by Crippen LogP contribution is -2.20. The van der Waals surface area contributed by atoms with Crippen molar-refractivity contribution < 1.29 is 14.7 Å². The van der Waals surface area contributed by atoms with E-state index < -0.39 is 12.0 Å². The number of nitrogens with one attached hydrogen (secondary N) is 3. The van der Waals surface area contributed by atoms with Crippen molar-refractivity contribution >= 4 is 23.4 Å². The highest BCUT2D eigenvalue weighted by molar-refractivity contribution is 6.00. The maximum absolute atomic E-state index is 11.9. The SMILES string of the molecule is Cc1n[nH]c(C)c1NC(=O)Nc1ccc(CC(=O)O)nc1. The topological polar surface area (TPSA) is 120 Å². The zero-order valence-corrected chi connectivity index (χ0v) is 11.6. The van der Waals surface area contributed by atoms with Crippen molar-refractivity contribution in [1.29, 1.82) is 0 Å². The second-order valence-corrected chi connectivity index (χ2v) is 4.50. The standard InChI is InChI=1S/C13H15N5O3/c1-7-12(8(2)18-17-7)16-13(21)15-10-4-3-9(14-6-10)5-11(19)20/h3-4,6H,5H2,1-2H3,(H,17,18)(H,19,20)(H2,15,16,21). The molecule has 0 radical (unpaired) electrons. The molecule has 0 fully saturated rings. The zero-order chi connectivity index (χ0) is 15.4. The lowest BCUT2D eigenvalue weighted by atomic mass is 10.2. The maximum atomic E-state index is 11.9. The van der Waals surface area contributed by atoms with Crippen LogP contribution in [0.25, 0.3) is 0 Å². The largest absolute Gasteiger partial charge is 0.481 e. The third-order valence-electron chi connectivity index (χ3n) is 2.78. The lowest BCUT2D eigenvalue weighted by molar-refractivity contribution is -0.136. The molecular weight excluding hydrogens is 274 g/mol. The van der Waals surface area contributed by atoms with E-state index in [9.17, 15) is 9.59 Å². The minimum Gasteiger partial charge on any atom is -0.481 e. The van der Waals surface area contributed by atoms with Gasteiger partial charge in [0.2, 0.25) is 0 Å². The van der Waals surface area contributed by atoms with Crippen LogP contribution < -0.4 is 10.6 Å². The molecule has 2 heterocycles. The van der Waals surface area contributed by atoms with Gasteiger partial charge in [-0.2, -0.15) is 5.10 Å². The van der Waals surface area contributed by atoms with Crippen molar-refractivity contribution in [3.63, 3.8) is 0 Å². The number of aromatic nitrogens is 3. The molecule has 0 spiro atoms. The third kappa shape index (κ3) is 3.78. The molecular formula is C13H15N5O3. The summed E-state index contributed by atoms with van der Waals surface area (Å²) in [7, 11) is 0. The monoisotopic (exact) mass is 289 g/mol. The van der Waals surface area contributed by atoms with Crippen molar-refractivity contribution in [2.24, 2.45) is 0 Å². The van der Waals surface area contributed by atoms with Crippen LogP contribution in [0.15, 0.2) is 18.3 Å². The fourth-order valence-corrected chi connectivity index (χ4v) is 1.77. The quantitative estimate of drug-likeness (QED) is 0.682. The number of carbonyl (C=O) groups is 2. The predicted molar refractivity (Wildman–Crippen MR) is 76.3 cm³/mol. The van der Waals surface area contributed by atoms with Crippen LogP contribution in [0.5, 0.6) is 0 Å². The number of urea groups is 1. The van der Waals surface area contributed by atoms with E-state index in [0.29, 0.717) is 22.8 Å². The number of carbonyl (C=O) groups excluding carboxylic acids is 1. The van der Waals surface area contributed by atoms with Crippen molar-refractivity contribution in [3.8, 4) is 0 Å². The Kier molecular flexibility index (Phi) is 4.17. The van der Waals surface area contributed by atoms with Gasteiger partial charge in [0, 0.05) is 0 Å². The highest BCUT2D eigenvalue weighted by atomic mass is 16.4. The summed E-state index contributed by atoms with van der Waals surface area (Å²) in [4.78, 5) is 26.4. The van der Waals surface area contributed by atoms with Crippen LogP contribution in [0.2, 0.25) is 0 Å². The average molecular weight is 289 g/mol. The van der Waals surface area contributed by atoms with Crippen molar-refractivity contribution in [2.45, 2.75) is 20.3 Å². The molecule has 4 N–H and O–H groups in total. The smallest absolute Gasteiger partial charge is 0.323 e. The number of hydrogen-bond donors (Lipinski definition) is 4. The Morgan fingerprint density at radius 1 is 1.29 bits per heavy atom. The highest BCUT2D eigenvalue weighted by Crippen LogP contribution is 2.16. The number of carboxylic acid groups (broad SMARTS) is 1. The predicted octanol–water partition coefficient (Wildman–Crippen LogP) is 1.69. The molecule has 0 unspecified atom stereocenters. The van der Waals surface area contributed by atoms with E-state index >= 15 is 0 Å². The number of nitrogens with zero attached hydrogens (tertiary/aromatic N) is 2. The van der Waals surface area contributed by atoms with Gasteiger partial charge in [-0.1, -0.05) is 0 Å². The van der Waals surface area contributed by atoms with Gasteiger partial charge < -0.3 is 15.7 Å². The van der Waals surface area contributed by atoms with Gasteiger partial charge in [0.25, 0.3) is 0 Å². The molecule has 0 aliphatic carbocycles. The molecule has 21 heavy (non-hydrogen) atoms. The van der Waals surface area contributed by atoms with Crippen molar-refractivity contribution in [1.82, 2.24) is 15.2 Å². The number of pyridine rings is 1. The number of aliphatic carboxylic acids is 1. The molecule has 2 aromatic rings. The summed E-state index contributed by atoms with van der Waals surface area (Å²) in [6.07, 6.45) is 1.26. The molecule has 0 bridgehead atoms. The van der Waals surface area contributed by atoms with Gasteiger partial charge in [-0.15, -0.1) is 0 Å². The van der Waals surface area contributed by atoms with Crippen LogP contribution in [0.1, 0.15) is 17.1 Å². The number of hydrogen-bond acceptors (Lipinski definition) is 4. The minimum absolute atomic E-state index is 0.153. The fourth-order valence-electron chi connectivity index (χ4n) is 1.77. The van der Waals surface area contributed by atoms with E-state index in [1.165, 1.54) is 6.20 Å². The number of rotatable bonds is 4. The van der Waals surface area contributed by atoms with E-state index in [4.69, 9.17) is 5.11 Å². The van der Waals surface area contributed by atoms with Gasteiger partial charge in [0.05, 0.1) is 41.1 Å². The van der Waals surface area contributed by atoms with Gasteiger partial charge in [0.1, 0.15) is 0 Å². The van der Waals surface area contributed by atoms with Gasteiger partial charge in [-0.05, 0) is 26.0 Å². The Hall–Kier alpha value is -2.90. The number of aryl methyl sites for hydroxylation is 2. The Morgan fingerprint density at radius 2 is 2.05 bits per heavy atom. The summed E-state index contributed by atoms with van der Waals surface area (Å²) in [6.45, 7) is 3.58. The van der Waals surface area contributed by atoms with Crippen LogP contribution in [0.4, 0.5) is 16.2 Å². The molecule has 0 aliphatic heterocycles. The number of anilines is 2. The van der Waals surface area contributed by atoms with Crippen molar-refractivity contribution in [2.75, 3.05) is 10.6 Å². The molecule has 0 aliphatic rings. The van der Waals surface area contributed by atoms with Gasteiger partial charge in [-0.25, -0.2) is 4.79 Å². The molecule has 8 nitrogen and oxygen atoms in total. The first kappa shape index (κ1) is 14.5. The van der Waals surface area contributed by atoms with Crippen LogP contribution in [0.3, 0.4) is 0 Å². The van der Waals surface area contributed by atoms with E-state index in [2.05, 4.69) is 25.8 Å². The first-order valence-electron chi connectivity index (χ1n) is 6.22. The maximum Gasteiger partial charge on any atom is 0.323 e. The van der Waals surface area contributed by atoms with Crippen LogP contribution in [-0.2, 0) is 11.2 Å². The molecule has 0 aromatic carbocycles. The number of carboxylic acids is 1. The second-order valence-electron chi connectivity index (χ2n) is 4.50. The second kappa shape index (κ2) is 6.04. The van der Waals surface area contributed by atoms with Crippen LogP contribution >= 0.6 is 0 Å². The fraction of sp³-hybridized carbons (Fsp3) is 0.231. The molecule has 2 rings (SSSR count). The highest BCUT2D eigenvalue weighted by Gasteiger charge is 2.10. The molecule has 110 valence electrons. The van der Waals surface area contributed by atoms with Gasteiger partial charge in [0.15, 0.2) is 0 Å². The van der Waals surface area contributed by atoms with Crippen LogP contribution in [-0.4, -0.2) is 32.3 Å². The Bertz CT molecular complexity index is 643. The zero-order valence-electron chi connectivity index (χ0n) is 11.6. The summed E-state index contributed by atoms with van der Waals surface area (Å²) < 4.78 is 0. The van der Waals surface area contributed by atoms with Gasteiger partial charge >= 0.3 is 12.0 Å². The first-order chi connectivity index (χ1) is 9.95. The molecule has 0 atom stereocenters. The normalized spacial score (nSPS) is 10.2. The third-order valence-corrected chi connectivity index (χ3v) is 2.78. The van der Waals surface area contributed by atoms with Gasteiger partial charge in [-0.3, -0.25) is 14.9 Å². The number of amides is 2. The Labute approximate surface area is 120 Å². The molecule has 2 aromatic heterocycles.